The van der Waals surface area contributed by atoms with E-state index in [9.17, 15) is 22.8 Å². The van der Waals surface area contributed by atoms with Gasteiger partial charge in [-0.3, -0.25) is 9.59 Å². The average Bonchev–Trinajstić information content (AvgIpc) is 3.18. The highest BCUT2D eigenvalue weighted by atomic mass is 19.4. The van der Waals surface area contributed by atoms with Crippen LogP contribution in [-0.4, -0.2) is 28.5 Å². The van der Waals surface area contributed by atoms with Crippen molar-refractivity contribution in [2.45, 2.75) is 19.1 Å². The third kappa shape index (κ3) is 5.08. The minimum Gasteiger partial charge on any atom is -0.497 e. The van der Waals surface area contributed by atoms with Crippen molar-refractivity contribution in [3.05, 3.63) is 77.4 Å². The lowest BCUT2D eigenvalue weighted by Crippen LogP contribution is -2.39. The van der Waals surface area contributed by atoms with Crippen molar-refractivity contribution >= 4 is 17.5 Å². The van der Waals surface area contributed by atoms with Gasteiger partial charge in [-0.15, -0.1) is 0 Å². The zero-order chi connectivity index (χ0) is 23.5. The van der Waals surface area contributed by atoms with Crippen LogP contribution in [0.15, 0.2) is 54.9 Å². The lowest BCUT2D eigenvalue weighted by atomic mass is 10.1. The number of alkyl halides is 3. The third-order valence-electron chi connectivity index (χ3n) is 4.85. The molecule has 3 rings (SSSR count). The highest BCUT2D eigenvalue weighted by Crippen LogP contribution is 2.33. The summed E-state index contributed by atoms with van der Waals surface area (Å²) in [4.78, 5) is 29.3. The van der Waals surface area contributed by atoms with Crippen LogP contribution < -0.4 is 15.4 Å². The summed E-state index contributed by atoms with van der Waals surface area (Å²) in [7, 11) is 3.25. The van der Waals surface area contributed by atoms with Gasteiger partial charge < -0.3 is 19.9 Å². The molecule has 1 atom stereocenters. The summed E-state index contributed by atoms with van der Waals surface area (Å²) in [6, 6.07) is 9.37. The largest absolute Gasteiger partial charge is 0.497 e. The van der Waals surface area contributed by atoms with E-state index < -0.39 is 29.6 Å². The van der Waals surface area contributed by atoms with Crippen molar-refractivity contribution in [1.29, 1.82) is 0 Å². The molecule has 1 unspecified atom stereocenters. The molecule has 1 heterocycles. The molecule has 10 heteroatoms. The van der Waals surface area contributed by atoms with Crippen molar-refractivity contribution in [1.82, 2.24) is 14.9 Å². The summed E-state index contributed by atoms with van der Waals surface area (Å²) in [5, 5.41) is 4.81. The molecule has 2 N–H and O–H groups in total. The highest BCUT2D eigenvalue weighted by Gasteiger charge is 2.33. The number of imidazole rings is 1. The first-order chi connectivity index (χ1) is 15.1. The molecule has 1 aromatic heterocycles. The minimum absolute atomic E-state index is 0.00861. The van der Waals surface area contributed by atoms with Gasteiger partial charge in [-0.05, 0) is 42.3 Å². The zero-order valence-corrected chi connectivity index (χ0v) is 17.5. The van der Waals surface area contributed by atoms with Crippen LogP contribution in [0.1, 0.15) is 28.6 Å². The number of methoxy groups -OCH3 is 1. The molecule has 0 saturated carbocycles. The Bertz CT molecular complexity index is 1120. The normalized spacial score (nSPS) is 12.2. The number of hydrogen-bond donors (Lipinski definition) is 2. The zero-order valence-electron chi connectivity index (χ0n) is 17.5. The van der Waals surface area contributed by atoms with Gasteiger partial charge in [-0.2, -0.15) is 13.2 Å². The maximum Gasteiger partial charge on any atom is 0.416 e. The molecule has 0 saturated heterocycles. The summed E-state index contributed by atoms with van der Waals surface area (Å²) < 4.78 is 46.2. The molecular formula is C22H21F3N4O3. The monoisotopic (exact) mass is 446 g/mol. The third-order valence-corrected chi connectivity index (χ3v) is 4.85. The molecule has 2 aromatic carbocycles. The second-order valence-corrected chi connectivity index (χ2v) is 7.06. The van der Waals surface area contributed by atoms with Crippen LogP contribution in [0.2, 0.25) is 0 Å². The fourth-order valence-electron chi connectivity index (χ4n) is 3.14. The molecule has 0 aliphatic carbocycles. The van der Waals surface area contributed by atoms with E-state index in [1.54, 1.807) is 48.3 Å². The lowest BCUT2D eigenvalue weighted by molar-refractivity contribution is -0.138. The number of aryl methyl sites for hydroxylation is 2. The molecule has 32 heavy (non-hydrogen) atoms. The Hall–Kier alpha value is -3.82. The van der Waals surface area contributed by atoms with Crippen molar-refractivity contribution in [3.8, 4) is 5.75 Å². The summed E-state index contributed by atoms with van der Waals surface area (Å²) in [5.74, 6) is -1.06. The van der Waals surface area contributed by atoms with Crippen LogP contribution in [0.5, 0.6) is 5.75 Å². The van der Waals surface area contributed by atoms with Gasteiger partial charge in [0.1, 0.15) is 17.6 Å². The lowest BCUT2D eigenvalue weighted by Gasteiger charge is -2.19. The van der Waals surface area contributed by atoms with Gasteiger partial charge in [0, 0.05) is 25.1 Å². The van der Waals surface area contributed by atoms with Crippen molar-refractivity contribution < 1.29 is 27.5 Å². The first-order valence-corrected chi connectivity index (χ1v) is 9.51. The molecule has 0 aliphatic heterocycles. The number of ether oxygens (including phenoxy) is 1. The molecule has 0 bridgehead atoms. The first kappa shape index (κ1) is 22.9. The van der Waals surface area contributed by atoms with Gasteiger partial charge in [0.25, 0.3) is 0 Å². The fourth-order valence-corrected chi connectivity index (χ4v) is 3.14. The van der Waals surface area contributed by atoms with Crippen LogP contribution in [0.3, 0.4) is 0 Å². The highest BCUT2D eigenvalue weighted by molar-refractivity contribution is 6.39. The Kier molecular flexibility index (Phi) is 6.52. The molecule has 2 amide bonds. The molecule has 0 radical (unpaired) electrons. The number of nitrogens with one attached hydrogen (secondary N) is 2. The Morgan fingerprint density at radius 3 is 2.34 bits per heavy atom. The number of carbonyl (C=O) groups excluding carboxylic acids is 2. The van der Waals surface area contributed by atoms with E-state index >= 15 is 0 Å². The number of hydrogen-bond acceptors (Lipinski definition) is 4. The topological polar surface area (TPSA) is 85.2 Å². The van der Waals surface area contributed by atoms with Crippen LogP contribution >= 0.6 is 0 Å². The molecule has 7 nitrogen and oxygen atoms in total. The number of nitrogens with zero attached hydrogens (tertiary/aromatic N) is 2. The van der Waals surface area contributed by atoms with Crippen molar-refractivity contribution in [2.24, 2.45) is 7.05 Å². The predicted molar refractivity (Wildman–Crippen MR) is 111 cm³/mol. The Balaban J connectivity index is 1.82. The molecule has 0 fully saturated rings. The number of carbonyl (C=O) groups is 2. The molecule has 0 aliphatic rings. The predicted octanol–water partition coefficient (Wildman–Crippen LogP) is 3.60. The Morgan fingerprint density at radius 2 is 1.78 bits per heavy atom. The second-order valence-electron chi connectivity index (χ2n) is 7.06. The van der Waals surface area contributed by atoms with Gasteiger partial charge in [0.2, 0.25) is 0 Å². The Morgan fingerprint density at radius 1 is 1.09 bits per heavy atom. The van der Waals surface area contributed by atoms with Crippen LogP contribution in [0.4, 0.5) is 18.9 Å². The molecule has 0 spiro atoms. The summed E-state index contributed by atoms with van der Waals surface area (Å²) in [6.45, 7) is 1.31. The van der Waals surface area contributed by atoms with E-state index in [4.69, 9.17) is 4.74 Å². The maximum absolute atomic E-state index is 13.1. The molecular weight excluding hydrogens is 425 g/mol. The van der Waals surface area contributed by atoms with Gasteiger partial charge in [0.05, 0.1) is 12.7 Å². The minimum atomic E-state index is -4.58. The molecule has 3 aromatic rings. The van der Waals surface area contributed by atoms with E-state index in [1.807, 2.05) is 0 Å². The number of anilines is 1. The molecule has 168 valence electrons. The van der Waals surface area contributed by atoms with E-state index in [1.165, 1.54) is 26.2 Å². The van der Waals surface area contributed by atoms with E-state index in [0.29, 0.717) is 17.1 Å². The van der Waals surface area contributed by atoms with Crippen molar-refractivity contribution in [2.75, 3.05) is 12.4 Å². The number of rotatable bonds is 5. The average molecular weight is 446 g/mol. The number of aromatic nitrogens is 2. The summed E-state index contributed by atoms with van der Waals surface area (Å²) >= 11 is 0. The maximum atomic E-state index is 13.1. The van der Waals surface area contributed by atoms with Gasteiger partial charge >= 0.3 is 18.0 Å². The van der Waals surface area contributed by atoms with Crippen LogP contribution in [0, 0.1) is 6.92 Å². The van der Waals surface area contributed by atoms with Gasteiger partial charge in [-0.25, -0.2) is 4.98 Å². The van der Waals surface area contributed by atoms with Gasteiger partial charge in [0.15, 0.2) is 0 Å². The number of halogens is 3. The number of amides is 2. The number of benzene rings is 2. The summed E-state index contributed by atoms with van der Waals surface area (Å²) in [5.41, 5.74) is -0.383. The smallest absolute Gasteiger partial charge is 0.416 e. The summed E-state index contributed by atoms with van der Waals surface area (Å²) in [6.07, 6.45) is -1.35. The SMILES string of the molecule is COc1ccc(C(NC(=O)C(=O)Nc2ccc(C)c(C(F)(F)F)c2)c2nccn2C)cc1. The van der Waals surface area contributed by atoms with Crippen LogP contribution in [0.25, 0.3) is 0 Å². The fraction of sp³-hybridized carbons (Fsp3) is 0.227. The van der Waals surface area contributed by atoms with Gasteiger partial charge in [-0.1, -0.05) is 18.2 Å². The second kappa shape index (κ2) is 9.13. The standard InChI is InChI=1S/C22H21F3N4O3/c1-13-4-7-15(12-17(13)22(23,24)25)27-20(30)21(31)28-18(19-26-10-11-29(19)2)14-5-8-16(32-3)9-6-14/h4-12,18H,1-3H3,(H,27,30)(H,28,31). The quantitative estimate of drug-likeness (QED) is 0.587. The van der Waals surface area contributed by atoms with Crippen LogP contribution in [-0.2, 0) is 22.8 Å². The van der Waals surface area contributed by atoms with E-state index in [-0.39, 0.29) is 11.3 Å². The van der Waals surface area contributed by atoms with E-state index in [2.05, 4.69) is 15.6 Å². The van der Waals surface area contributed by atoms with E-state index in [0.717, 1.165) is 6.07 Å². The van der Waals surface area contributed by atoms with Crippen molar-refractivity contribution in [3.63, 3.8) is 0 Å². The first-order valence-electron chi connectivity index (χ1n) is 9.51. The Labute approximate surface area is 182 Å².